The number of thioether (sulfide) groups is 1. The van der Waals surface area contributed by atoms with Gasteiger partial charge in [-0.2, -0.15) is 11.8 Å². The Morgan fingerprint density at radius 3 is 2.44 bits per heavy atom. The van der Waals surface area contributed by atoms with E-state index in [2.05, 4.69) is 35.7 Å². The van der Waals surface area contributed by atoms with Crippen LogP contribution >= 0.6 is 11.8 Å². The van der Waals surface area contributed by atoms with Gasteiger partial charge < -0.3 is 10.4 Å². The molecule has 4 aromatic rings. The van der Waals surface area contributed by atoms with E-state index in [1.54, 1.807) is 17.8 Å². The maximum Gasteiger partial charge on any atom is 0.326 e. The van der Waals surface area contributed by atoms with Crippen LogP contribution in [0.1, 0.15) is 33.5 Å². The molecular formula is C31H29NO3S. The van der Waals surface area contributed by atoms with Crippen molar-refractivity contribution < 1.29 is 14.7 Å². The summed E-state index contributed by atoms with van der Waals surface area (Å²) in [6, 6.07) is 27.2. The number of aliphatic carboxylic acids is 1. The number of amides is 1. The second kappa shape index (κ2) is 11.7. The molecule has 182 valence electrons. The number of carbonyl (C=O) groups excluding carboxylic acids is 1. The predicted molar refractivity (Wildman–Crippen MR) is 151 cm³/mol. The SMILES string of the molecule is CSCCC(NC(=O)c1ccc(C=Cc2cccc3ccccc23)cc1-c1ccccc1C)C(=O)O. The second-order valence-electron chi connectivity index (χ2n) is 8.67. The largest absolute Gasteiger partial charge is 0.480 e. The maximum absolute atomic E-state index is 13.3. The Kier molecular flexibility index (Phi) is 8.24. The van der Waals surface area contributed by atoms with E-state index in [0.29, 0.717) is 17.7 Å². The number of carbonyl (C=O) groups is 2. The minimum absolute atomic E-state index is 0.369. The van der Waals surface area contributed by atoms with Crippen molar-refractivity contribution in [1.29, 1.82) is 0 Å². The van der Waals surface area contributed by atoms with Crippen molar-refractivity contribution in [3.63, 3.8) is 0 Å². The van der Waals surface area contributed by atoms with E-state index >= 15 is 0 Å². The molecule has 0 heterocycles. The molecule has 5 heteroatoms. The summed E-state index contributed by atoms with van der Waals surface area (Å²) in [4.78, 5) is 25.0. The molecule has 4 nitrogen and oxygen atoms in total. The van der Waals surface area contributed by atoms with Crippen molar-refractivity contribution >= 4 is 46.6 Å². The van der Waals surface area contributed by atoms with Crippen LogP contribution in [0.25, 0.3) is 34.1 Å². The molecule has 4 aromatic carbocycles. The number of carboxylic acid groups (broad SMARTS) is 1. The lowest BCUT2D eigenvalue weighted by Crippen LogP contribution is -2.41. The second-order valence-corrected chi connectivity index (χ2v) is 9.65. The quantitative estimate of drug-likeness (QED) is 0.247. The third kappa shape index (κ3) is 5.86. The Morgan fingerprint density at radius 2 is 1.67 bits per heavy atom. The van der Waals surface area contributed by atoms with Crippen LogP contribution in [0, 0.1) is 6.92 Å². The zero-order valence-corrected chi connectivity index (χ0v) is 21.2. The standard InChI is InChI=1S/C31H29NO3S/c1-21-8-3-5-12-25(21)28-20-22(14-16-24-11-7-10-23-9-4-6-13-26(23)24)15-17-27(28)30(33)32-29(31(34)35)18-19-36-2/h3-17,20,29H,18-19H2,1-2H3,(H,32,33)(H,34,35). The minimum atomic E-state index is -1.02. The smallest absolute Gasteiger partial charge is 0.326 e. The molecule has 0 aliphatic carbocycles. The molecule has 0 bridgehead atoms. The van der Waals surface area contributed by atoms with Crippen molar-refractivity contribution in [2.75, 3.05) is 12.0 Å². The van der Waals surface area contributed by atoms with Crippen molar-refractivity contribution in [2.45, 2.75) is 19.4 Å². The molecule has 1 amide bonds. The fourth-order valence-corrected chi connectivity index (χ4v) is 4.74. The van der Waals surface area contributed by atoms with E-state index in [1.165, 1.54) is 10.8 Å². The molecule has 0 saturated heterocycles. The van der Waals surface area contributed by atoms with Crippen LogP contribution in [-0.2, 0) is 4.79 Å². The lowest BCUT2D eigenvalue weighted by Gasteiger charge is -2.17. The summed E-state index contributed by atoms with van der Waals surface area (Å²) >= 11 is 1.56. The fraction of sp³-hybridized carbons (Fsp3) is 0.161. The Labute approximate surface area is 216 Å². The van der Waals surface area contributed by atoms with Crippen LogP contribution in [-0.4, -0.2) is 35.0 Å². The van der Waals surface area contributed by atoms with Gasteiger partial charge in [-0.1, -0.05) is 84.9 Å². The van der Waals surface area contributed by atoms with Crippen LogP contribution in [0.2, 0.25) is 0 Å². The summed E-state index contributed by atoms with van der Waals surface area (Å²) < 4.78 is 0. The summed E-state index contributed by atoms with van der Waals surface area (Å²) in [5, 5.41) is 14.7. The first-order valence-corrected chi connectivity index (χ1v) is 13.3. The number of hydrogen-bond acceptors (Lipinski definition) is 3. The van der Waals surface area contributed by atoms with Gasteiger partial charge in [0.05, 0.1) is 0 Å². The predicted octanol–water partition coefficient (Wildman–Crippen LogP) is 6.92. The van der Waals surface area contributed by atoms with E-state index in [1.807, 2.05) is 73.9 Å². The van der Waals surface area contributed by atoms with Crippen LogP contribution < -0.4 is 5.32 Å². The molecule has 0 aliphatic rings. The third-order valence-corrected chi connectivity index (χ3v) is 6.86. The normalized spacial score (nSPS) is 12.1. The number of benzene rings is 4. The first-order valence-electron chi connectivity index (χ1n) is 11.9. The summed E-state index contributed by atoms with van der Waals surface area (Å²) in [6.07, 6.45) is 6.42. The monoisotopic (exact) mass is 495 g/mol. The molecule has 4 rings (SSSR count). The number of carboxylic acids is 1. The van der Waals surface area contributed by atoms with Crippen LogP contribution in [0.4, 0.5) is 0 Å². The Morgan fingerprint density at radius 1 is 0.917 bits per heavy atom. The summed E-state index contributed by atoms with van der Waals surface area (Å²) in [5.41, 5.74) is 5.29. The highest BCUT2D eigenvalue weighted by Gasteiger charge is 2.22. The van der Waals surface area contributed by atoms with Gasteiger partial charge in [0.1, 0.15) is 6.04 Å². The highest BCUT2D eigenvalue weighted by molar-refractivity contribution is 7.98. The number of fused-ring (bicyclic) bond motifs is 1. The molecule has 0 fully saturated rings. The molecule has 0 radical (unpaired) electrons. The van der Waals surface area contributed by atoms with Gasteiger partial charge in [-0.3, -0.25) is 4.79 Å². The molecule has 0 saturated carbocycles. The minimum Gasteiger partial charge on any atom is -0.480 e. The Bertz CT molecular complexity index is 1420. The molecule has 2 N–H and O–H groups in total. The lowest BCUT2D eigenvalue weighted by molar-refractivity contribution is -0.139. The van der Waals surface area contributed by atoms with E-state index < -0.39 is 12.0 Å². The number of aryl methyl sites for hydroxylation is 1. The average Bonchev–Trinajstić information content (AvgIpc) is 2.89. The van der Waals surface area contributed by atoms with Gasteiger partial charge in [0.15, 0.2) is 0 Å². The van der Waals surface area contributed by atoms with Crippen LogP contribution in [0.3, 0.4) is 0 Å². The van der Waals surface area contributed by atoms with Crippen molar-refractivity contribution in [1.82, 2.24) is 5.32 Å². The van der Waals surface area contributed by atoms with Crippen molar-refractivity contribution in [3.8, 4) is 11.1 Å². The van der Waals surface area contributed by atoms with Gasteiger partial charge in [0.2, 0.25) is 0 Å². The first kappa shape index (κ1) is 25.3. The molecule has 0 aromatic heterocycles. The van der Waals surface area contributed by atoms with Crippen LogP contribution in [0.15, 0.2) is 84.9 Å². The van der Waals surface area contributed by atoms with E-state index in [4.69, 9.17) is 0 Å². The van der Waals surface area contributed by atoms with E-state index in [9.17, 15) is 14.7 Å². The average molecular weight is 496 g/mol. The number of nitrogens with one attached hydrogen (secondary N) is 1. The van der Waals surface area contributed by atoms with Gasteiger partial charge in [0.25, 0.3) is 5.91 Å². The first-order chi connectivity index (χ1) is 17.5. The van der Waals surface area contributed by atoms with E-state index in [-0.39, 0.29) is 5.91 Å². The van der Waals surface area contributed by atoms with Gasteiger partial charge in [-0.25, -0.2) is 4.79 Å². The topological polar surface area (TPSA) is 66.4 Å². The molecule has 1 atom stereocenters. The Hall–Kier alpha value is -3.83. The van der Waals surface area contributed by atoms with Crippen molar-refractivity contribution in [2.24, 2.45) is 0 Å². The molecule has 0 aliphatic heterocycles. The van der Waals surface area contributed by atoms with Gasteiger partial charge in [-0.05, 0) is 76.1 Å². The number of rotatable bonds is 9. The summed E-state index contributed by atoms with van der Waals surface area (Å²) in [7, 11) is 0. The maximum atomic E-state index is 13.3. The third-order valence-electron chi connectivity index (χ3n) is 6.22. The zero-order chi connectivity index (χ0) is 25.5. The highest BCUT2D eigenvalue weighted by Crippen LogP contribution is 2.29. The fourth-order valence-electron chi connectivity index (χ4n) is 4.27. The molecule has 0 spiro atoms. The molecule has 1 unspecified atom stereocenters. The van der Waals surface area contributed by atoms with Gasteiger partial charge in [-0.15, -0.1) is 0 Å². The van der Waals surface area contributed by atoms with Gasteiger partial charge in [0, 0.05) is 5.56 Å². The summed E-state index contributed by atoms with van der Waals surface area (Å²) in [6.45, 7) is 2.01. The molecule has 36 heavy (non-hydrogen) atoms. The zero-order valence-electron chi connectivity index (χ0n) is 20.4. The lowest BCUT2D eigenvalue weighted by atomic mass is 9.93. The Balaban J connectivity index is 1.72. The molecular weight excluding hydrogens is 466 g/mol. The van der Waals surface area contributed by atoms with Gasteiger partial charge >= 0.3 is 5.97 Å². The van der Waals surface area contributed by atoms with E-state index in [0.717, 1.165) is 27.8 Å². The number of hydrogen-bond donors (Lipinski definition) is 2. The summed E-state index contributed by atoms with van der Waals surface area (Å²) in [5.74, 6) is -0.754. The highest BCUT2D eigenvalue weighted by atomic mass is 32.2. The van der Waals surface area contributed by atoms with Crippen molar-refractivity contribution in [3.05, 3.63) is 107 Å². The van der Waals surface area contributed by atoms with Crippen LogP contribution in [0.5, 0.6) is 0 Å².